The first-order chi connectivity index (χ1) is 12.0. The highest BCUT2D eigenvalue weighted by atomic mass is 32.2. The topological polar surface area (TPSA) is 73.8 Å². The van der Waals surface area contributed by atoms with Crippen LogP contribution < -0.4 is 5.32 Å². The van der Waals surface area contributed by atoms with Crippen molar-refractivity contribution in [3.63, 3.8) is 0 Å². The van der Waals surface area contributed by atoms with Gasteiger partial charge in [-0.05, 0) is 60.2 Å². The van der Waals surface area contributed by atoms with Crippen LogP contribution in [0.1, 0.15) is 20.3 Å². The van der Waals surface area contributed by atoms with E-state index in [-0.39, 0.29) is 0 Å². The first kappa shape index (κ1) is 19.1. The first-order valence-corrected chi connectivity index (χ1v) is 9.12. The minimum atomic E-state index is -2.08. The van der Waals surface area contributed by atoms with Gasteiger partial charge in [0.2, 0.25) is 0 Å². The average molecular weight is 359 g/mol. The van der Waals surface area contributed by atoms with Crippen molar-refractivity contribution in [2.75, 3.05) is 7.11 Å². The summed E-state index contributed by atoms with van der Waals surface area (Å²) >= 11 is -2.08. The van der Waals surface area contributed by atoms with Gasteiger partial charge in [0.25, 0.3) is 0 Å². The summed E-state index contributed by atoms with van der Waals surface area (Å²) in [7, 11) is 1.69. The molecular weight excluding hydrogens is 336 g/mol. The second-order valence-electron chi connectivity index (χ2n) is 5.91. The Balaban J connectivity index is 0.000000212. The maximum atomic E-state index is 10.2. The van der Waals surface area contributed by atoms with Crippen LogP contribution in [-0.4, -0.2) is 21.7 Å². The van der Waals surface area contributed by atoms with Gasteiger partial charge in [-0.1, -0.05) is 31.7 Å². The first-order valence-electron chi connectivity index (χ1n) is 8.04. The SMILES string of the molecule is C=CNC1=NC=C(C2CC2C)/C1=C(/C)OC.O=S([O-])c1ccccc1. The lowest BCUT2D eigenvalue weighted by Gasteiger charge is -2.11. The van der Waals surface area contributed by atoms with Crippen molar-refractivity contribution in [1.29, 1.82) is 0 Å². The van der Waals surface area contributed by atoms with Gasteiger partial charge in [-0.25, -0.2) is 4.99 Å². The van der Waals surface area contributed by atoms with E-state index < -0.39 is 11.1 Å². The van der Waals surface area contributed by atoms with Crippen LogP contribution in [0.15, 0.2) is 76.1 Å². The fourth-order valence-electron chi connectivity index (χ4n) is 2.65. The molecule has 3 unspecified atom stereocenters. The molecule has 5 nitrogen and oxygen atoms in total. The number of allylic oxidation sites excluding steroid dienone is 1. The van der Waals surface area contributed by atoms with Crippen LogP contribution in [0.25, 0.3) is 0 Å². The maximum absolute atomic E-state index is 10.2. The van der Waals surface area contributed by atoms with Crippen molar-refractivity contribution in [3.05, 3.63) is 66.2 Å². The fourth-order valence-corrected chi connectivity index (χ4v) is 3.03. The quantitative estimate of drug-likeness (QED) is 0.659. The zero-order valence-corrected chi connectivity index (χ0v) is 15.5. The summed E-state index contributed by atoms with van der Waals surface area (Å²) in [6.45, 7) is 7.91. The molecule has 1 aliphatic heterocycles. The lowest BCUT2D eigenvalue weighted by molar-refractivity contribution is 0.291. The van der Waals surface area contributed by atoms with Gasteiger partial charge in [-0.15, -0.1) is 0 Å². The molecule has 0 spiro atoms. The number of ether oxygens (including phenoxy) is 1. The molecule has 3 rings (SSSR count). The minimum absolute atomic E-state index is 0.331. The smallest absolute Gasteiger partial charge is 0.140 e. The highest BCUT2D eigenvalue weighted by Gasteiger charge is 2.40. The Morgan fingerprint density at radius 3 is 2.52 bits per heavy atom. The third-order valence-corrected chi connectivity index (χ3v) is 4.86. The number of methoxy groups -OCH3 is 1. The summed E-state index contributed by atoms with van der Waals surface area (Å²) in [5, 5.41) is 3.06. The largest absolute Gasteiger partial charge is 0.768 e. The average Bonchev–Trinajstić information content (AvgIpc) is 3.20. The number of nitrogens with one attached hydrogen (secondary N) is 1. The third kappa shape index (κ3) is 4.90. The van der Waals surface area contributed by atoms with E-state index in [1.807, 2.05) is 13.1 Å². The van der Waals surface area contributed by atoms with E-state index >= 15 is 0 Å². The standard InChI is InChI=1S/C13H18N2O.C6H6O2S/c1-5-14-13-12(9(3)16-4)11(7-15-13)10-6-8(10)2;7-9(8)6-4-2-1-3-5-6/h5,7-8,10H,1,6H2,2-4H3,(H,14,15);1-5H,(H,7,8)/p-1/b12-9+;. The minimum Gasteiger partial charge on any atom is -0.768 e. The highest BCUT2D eigenvalue weighted by molar-refractivity contribution is 7.79. The molecule has 25 heavy (non-hydrogen) atoms. The lowest BCUT2D eigenvalue weighted by atomic mass is 10.0. The van der Waals surface area contributed by atoms with Gasteiger partial charge in [0, 0.05) is 11.1 Å². The molecule has 0 aromatic heterocycles. The molecule has 0 saturated heterocycles. The zero-order valence-electron chi connectivity index (χ0n) is 14.7. The maximum Gasteiger partial charge on any atom is 0.140 e. The molecule has 1 aliphatic carbocycles. The van der Waals surface area contributed by atoms with Crippen molar-refractivity contribution in [2.45, 2.75) is 25.2 Å². The Morgan fingerprint density at radius 1 is 1.44 bits per heavy atom. The van der Waals surface area contributed by atoms with Gasteiger partial charge in [-0.2, -0.15) is 0 Å². The Hall–Kier alpha value is -2.18. The van der Waals surface area contributed by atoms with Crippen molar-refractivity contribution in [1.82, 2.24) is 5.32 Å². The van der Waals surface area contributed by atoms with Gasteiger partial charge in [0.05, 0.1) is 12.7 Å². The molecule has 0 radical (unpaired) electrons. The normalized spacial score (nSPS) is 24.2. The molecule has 1 aromatic rings. The molecule has 0 bridgehead atoms. The Bertz CT molecular complexity index is 738. The molecule has 1 fully saturated rings. The molecule has 3 atom stereocenters. The van der Waals surface area contributed by atoms with Crippen LogP contribution >= 0.6 is 0 Å². The van der Waals surface area contributed by atoms with Gasteiger partial charge in [0.15, 0.2) is 0 Å². The molecule has 1 saturated carbocycles. The van der Waals surface area contributed by atoms with Gasteiger partial charge in [0.1, 0.15) is 11.6 Å². The van der Waals surface area contributed by atoms with Crippen molar-refractivity contribution in [2.24, 2.45) is 16.8 Å². The predicted molar refractivity (Wildman–Crippen MR) is 99.5 cm³/mol. The van der Waals surface area contributed by atoms with E-state index in [4.69, 9.17) is 4.74 Å². The van der Waals surface area contributed by atoms with E-state index in [9.17, 15) is 8.76 Å². The lowest BCUT2D eigenvalue weighted by Crippen LogP contribution is -2.19. The molecule has 1 heterocycles. The number of hydrogen-bond acceptors (Lipinski definition) is 5. The van der Waals surface area contributed by atoms with Crippen molar-refractivity contribution >= 4 is 16.9 Å². The number of benzene rings is 1. The molecule has 1 aromatic carbocycles. The van der Waals surface area contributed by atoms with Gasteiger partial charge < -0.3 is 14.6 Å². The van der Waals surface area contributed by atoms with Crippen LogP contribution in [0, 0.1) is 11.8 Å². The Labute approximate surface area is 151 Å². The molecule has 6 heteroatoms. The summed E-state index contributed by atoms with van der Waals surface area (Å²) < 4.78 is 25.7. The van der Waals surface area contributed by atoms with E-state index in [1.54, 1.807) is 43.6 Å². The van der Waals surface area contributed by atoms with Crippen molar-refractivity contribution < 1.29 is 13.5 Å². The highest BCUT2D eigenvalue weighted by Crippen LogP contribution is 2.48. The Kier molecular flexibility index (Phi) is 6.73. The molecule has 1 N–H and O–H groups in total. The Morgan fingerprint density at radius 2 is 2.08 bits per heavy atom. The second-order valence-corrected chi connectivity index (χ2v) is 6.85. The molecular formula is C19H23N2O3S-. The zero-order chi connectivity index (χ0) is 18.4. The van der Waals surface area contributed by atoms with E-state index in [1.165, 1.54) is 12.0 Å². The van der Waals surface area contributed by atoms with Crippen LogP contribution in [-0.2, 0) is 15.8 Å². The molecule has 134 valence electrons. The van der Waals surface area contributed by atoms with Crippen LogP contribution in [0.5, 0.6) is 0 Å². The summed E-state index contributed by atoms with van der Waals surface area (Å²) in [4.78, 5) is 4.72. The number of hydrogen-bond donors (Lipinski definition) is 1. The van der Waals surface area contributed by atoms with Gasteiger partial charge >= 0.3 is 0 Å². The monoisotopic (exact) mass is 359 g/mol. The van der Waals surface area contributed by atoms with Gasteiger partial charge in [-0.3, -0.25) is 4.21 Å². The predicted octanol–water partition coefficient (Wildman–Crippen LogP) is 3.52. The summed E-state index contributed by atoms with van der Waals surface area (Å²) in [5.41, 5.74) is 2.41. The van der Waals surface area contributed by atoms with Crippen LogP contribution in [0.3, 0.4) is 0 Å². The van der Waals surface area contributed by atoms with Crippen LogP contribution in [0.4, 0.5) is 0 Å². The molecule has 2 aliphatic rings. The summed E-state index contributed by atoms with van der Waals surface area (Å²) in [6, 6.07) is 8.23. The second kappa shape index (κ2) is 8.78. The van der Waals surface area contributed by atoms with Crippen LogP contribution in [0.2, 0.25) is 0 Å². The van der Waals surface area contributed by atoms with E-state index in [2.05, 4.69) is 23.8 Å². The summed E-state index contributed by atoms with van der Waals surface area (Å²) in [6.07, 6.45) is 4.86. The van der Waals surface area contributed by atoms with E-state index in [0.29, 0.717) is 10.8 Å². The third-order valence-electron chi connectivity index (χ3n) is 4.20. The van der Waals surface area contributed by atoms with E-state index in [0.717, 1.165) is 23.1 Å². The number of aliphatic imine (C=N–C) groups is 1. The fraction of sp³-hybridized carbons (Fsp3) is 0.316. The van der Waals surface area contributed by atoms with Crippen molar-refractivity contribution in [3.8, 4) is 0 Å². The molecule has 0 amide bonds. The number of amidine groups is 1. The number of rotatable bonds is 4. The number of nitrogens with zero attached hydrogens (tertiary/aromatic N) is 1. The summed E-state index contributed by atoms with van der Waals surface area (Å²) in [5.74, 6) is 3.18.